The van der Waals surface area contributed by atoms with Crippen molar-refractivity contribution < 1.29 is 14.7 Å². The SMILES string of the molecule is CCC(C)C(NC(=O)N(C)c1ccccc1C)C(=O)O. The van der Waals surface area contributed by atoms with Crippen LogP contribution >= 0.6 is 0 Å². The highest BCUT2D eigenvalue weighted by molar-refractivity contribution is 5.94. The van der Waals surface area contributed by atoms with Crippen LogP contribution < -0.4 is 10.2 Å². The maximum Gasteiger partial charge on any atom is 0.326 e. The average Bonchev–Trinajstić information content (AvgIpc) is 2.43. The molecule has 0 saturated carbocycles. The van der Waals surface area contributed by atoms with Crippen LogP contribution in [0.4, 0.5) is 10.5 Å². The molecule has 2 atom stereocenters. The molecule has 1 aromatic carbocycles. The molecule has 110 valence electrons. The number of aliphatic carboxylic acids is 1. The van der Waals surface area contributed by atoms with E-state index >= 15 is 0 Å². The van der Waals surface area contributed by atoms with Gasteiger partial charge in [0.15, 0.2) is 0 Å². The van der Waals surface area contributed by atoms with Crippen LogP contribution in [0.5, 0.6) is 0 Å². The number of carboxylic acids is 1. The molecule has 0 aliphatic rings. The molecule has 0 aliphatic heterocycles. The van der Waals surface area contributed by atoms with Crippen molar-refractivity contribution >= 4 is 17.7 Å². The number of aryl methyl sites for hydroxylation is 1. The molecule has 0 fully saturated rings. The molecule has 5 heteroatoms. The molecule has 0 bridgehead atoms. The molecular formula is C15H22N2O3. The van der Waals surface area contributed by atoms with Crippen molar-refractivity contribution in [3.8, 4) is 0 Å². The van der Waals surface area contributed by atoms with Gasteiger partial charge in [-0.1, -0.05) is 38.5 Å². The Hall–Kier alpha value is -2.04. The van der Waals surface area contributed by atoms with Crippen LogP contribution in [-0.4, -0.2) is 30.2 Å². The maximum absolute atomic E-state index is 12.2. The molecule has 0 spiro atoms. The van der Waals surface area contributed by atoms with E-state index in [0.29, 0.717) is 6.42 Å². The van der Waals surface area contributed by atoms with Crippen molar-refractivity contribution in [2.75, 3.05) is 11.9 Å². The number of benzene rings is 1. The standard InChI is InChI=1S/C15H22N2O3/c1-5-10(2)13(14(18)19)16-15(20)17(4)12-9-7-6-8-11(12)3/h6-10,13H,5H2,1-4H3,(H,16,20)(H,18,19). The molecule has 1 rings (SSSR count). The number of nitrogens with one attached hydrogen (secondary N) is 1. The molecule has 20 heavy (non-hydrogen) atoms. The number of carbonyl (C=O) groups is 2. The van der Waals surface area contributed by atoms with Gasteiger partial charge in [0.25, 0.3) is 0 Å². The van der Waals surface area contributed by atoms with Crippen molar-refractivity contribution in [3.63, 3.8) is 0 Å². The Kier molecular flexibility index (Phi) is 5.55. The van der Waals surface area contributed by atoms with E-state index in [1.54, 1.807) is 7.05 Å². The highest BCUT2D eigenvalue weighted by Gasteiger charge is 2.27. The smallest absolute Gasteiger partial charge is 0.326 e. The summed E-state index contributed by atoms with van der Waals surface area (Å²) in [6, 6.07) is 6.18. The Morgan fingerprint density at radius 2 is 1.95 bits per heavy atom. The maximum atomic E-state index is 12.2. The van der Waals surface area contributed by atoms with Gasteiger partial charge in [-0.15, -0.1) is 0 Å². The third-order valence-electron chi connectivity index (χ3n) is 3.54. The third-order valence-corrected chi connectivity index (χ3v) is 3.54. The van der Waals surface area contributed by atoms with Gasteiger partial charge in [-0.25, -0.2) is 9.59 Å². The zero-order valence-corrected chi connectivity index (χ0v) is 12.4. The molecular weight excluding hydrogens is 256 g/mol. The molecule has 5 nitrogen and oxygen atoms in total. The second-order valence-electron chi connectivity index (χ2n) is 5.00. The zero-order valence-electron chi connectivity index (χ0n) is 12.4. The first-order valence-electron chi connectivity index (χ1n) is 6.71. The van der Waals surface area contributed by atoms with Crippen LogP contribution in [-0.2, 0) is 4.79 Å². The Morgan fingerprint density at radius 3 is 2.45 bits per heavy atom. The Morgan fingerprint density at radius 1 is 1.35 bits per heavy atom. The van der Waals surface area contributed by atoms with Gasteiger partial charge in [0.05, 0.1) is 0 Å². The number of urea groups is 1. The van der Waals surface area contributed by atoms with Gasteiger partial charge in [-0.05, 0) is 24.5 Å². The lowest BCUT2D eigenvalue weighted by Gasteiger charge is -2.25. The predicted octanol–water partition coefficient (Wildman–Crippen LogP) is 2.64. The minimum Gasteiger partial charge on any atom is -0.480 e. The van der Waals surface area contributed by atoms with E-state index in [9.17, 15) is 14.7 Å². The molecule has 0 aliphatic carbocycles. The van der Waals surface area contributed by atoms with Gasteiger partial charge in [0.2, 0.25) is 0 Å². The first-order valence-corrected chi connectivity index (χ1v) is 6.71. The minimum absolute atomic E-state index is 0.123. The summed E-state index contributed by atoms with van der Waals surface area (Å²) in [5.41, 5.74) is 1.72. The van der Waals surface area contributed by atoms with E-state index in [1.165, 1.54) is 4.90 Å². The van der Waals surface area contributed by atoms with Crippen LogP contribution in [0.15, 0.2) is 24.3 Å². The van der Waals surface area contributed by atoms with Crippen molar-refractivity contribution in [1.82, 2.24) is 5.32 Å². The Bertz CT molecular complexity index is 488. The van der Waals surface area contributed by atoms with Crippen LogP contribution in [0.2, 0.25) is 0 Å². The van der Waals surface area contributed by atoms with Crippen LogP contribution in [0.1, 0.15) is 25.8 Å². The molecule has 2 amide bonds. The summed E-state index contributed by atoms with van der Waals surface area (Å²) in [7, 11) is 1.63. The lowest BCUT2D eigenvalue weighted by molar-refractivity contribution is -0.140. The van der Waals surface area contributed by atoms with E-state index in [2.05, 4.69) is 5.32 Å². The van der Waals surface area contributed by atoms with Crippen molar-refractivity contribution in [3.05, 3.63) is 29.8 Å². The second-order valence-corrected chi connectivity index (χ2v) is 5.00. The summed E-state index contributed by atoms with van der Waals surface area (Å²) in [5, 5.41) is 11.8. The van der Waals surface area contributed by atoms with E-state index < -0.39 is 18.0 Å². The van der Waals surface area contributed by atoms with Crippen molar-refractivity contribution in [2.45, 2.75) is 33.2 Å². The van der Waals surface area contributed by atoms with Gasteiger partial charge >= 0.3 is 12.0 Å². The van der Waals surface area contributed by atoms with E-state index in [4.69, 9.17) is 0 Å². The summed E-state index contributed by atoms with van der Waals surface area (Å²) in [4.78, 5) is 24.8. The predicted molar refractivity (Wildman–Crippen MR) is 79.0 cm³/mol. The van der Waals surface area contributed by atoms with Gasteiger partial charge in [-0.3, -0.25) is 4.90 Å². The molecule has 0 aromatic heterocycles. The Labute approximate surface area is 119 Å². The fourth-order valence-electron chi connectivity index (χ4n) is 1.96. The van der Waals surface area contributed by atoms with Crippen molar-refractivity contribution in [2.24, 2.45) is 5.92 Å². The zero-order chi connectivity index (χ0) is 15.3. The lowest BCUT2D eigenvalue weighted by Crippen LogP contribution is -2.49. The average molecular weight is 278 g/mol. The summed E-state index contributed by atoms with van der Waals surface area (Å²) >= 11 is 0. The van der Waals surface area contributed by atoms with Crippen LogP contribution in [0, 0.1) is 12.8 Å². The first kappa shape index (κ1) is 16.0. The van der Waals surface area contributed by atoms with Crippen LogP contribution in [0.3, 0.4) is 0 Å². The van der Waals surface area contributed by atoms with E-state index in [0.717, 1.165) is 11.3 Å². The molecule has 2 unspecified atom stereocenters. The highest BCUT2D eigenvalue weighted by Crippen LogP contribution is 2.18. The lowest BCUT2D eigenvalue weighted by atomic mass is 9.99. The minimum atomic E-state index is -1.01. The van der Waals surface area contributed by atoms with Gasteiger partial charge < -0.3 is 10.4 Å². The number of rotatable bonds is 5. The normalized spacial score (nSPS) is 13.4. The first-order chi connectivity index (χ1) is 9.38. The molecule has 0 radical (unpaired) electrons. The quantitative estimate of drug-likeness (QED) is 0.870. The largest absolute Gasteiger partial charge is 0.480 e. The summed E-state index contributed by atoms with van der Waals surface area (Å²) in [5.74, 6) is -1.13. The molecule has 2 N–H and O–H groups in total. The van der Waals surface area contributed by atoms with E-state index in [1.807, 2.05) is 45.0 Å². The summed E-state index contributed by atoms with van der Waals surface area (Å²) in [6.45, 7) is 5.62. The molecule has 0 heterocycles. The number of anilines is 1. The van der Waals surface area contributed by atoms with E-state index in [-0.39, 0.29) is 5.92 Å². The third kappa shape index (κ3) is 3.73. The monoisotopic (exact) mass is 278 g/mol. The number of para-hydroxylation sites is 1. The fraction of sp³-hybridized carbons (Fsp3) is 0.467. The number of hydrogen-bond donors (Lipinski definition) is 2. The molecule has 1 aromatic rings. The number of amides is 2. The number of carboxylic acid groups (broad SMARTS) is 1. The summed E-state index contributed by atoms with van der Waals surface area (Å²) in [6.07, 6.45) is 0.686. The van der Waals surface area contributed by atoms with Gasteiger partial charge in [0, 0.05) is 12.7 Å². The fourth-order valence-corrected chi connectivity index (χ4v) is 1.96. The molecule has 0 saturated heterocycles. The van der Waals surface area contributed by atoms with Gasteiger partial charge in [0.1, 0.15) is 6.04 Å². The van der Waals surface area contributed by atoms with Crippen LogP contribution in [0.25, 0.3) is 0 Å². The topological polar surface area (TPSA) is 69.6 Å². The van der Waals surface area contributed by atoms with Gasteiger partial charge in [-0.2, -0.15) is 0 Å². The highest BCUT2D eigenvalue weighted by atomic mass is 16.4. The van der Waals surface area contributed by atoms with Crippen molar-refractivity contribution in [1.29, 1.82) is 0 Å². The number of carbonyl (C=O) groups excluding carboxylic acids is 1. The Balaban J connectivity index is 2.84. The second kappa shape index (κ2) is 6.93. The number of hydrogen-bond acceptors (Lipinski definition) is 2. The summed E-state index contributed by atoms with van der Waals surface area (Å²) < 4.78 is 0. The number of nitrogens with zero attached hydrogens (tertiary/aromatic N) is 1.